The van der Waals surface area contributed by atoms with Crippen LogP contribution in [0.1, 0.15) is 36.6 Å². The highest BCUT2D eigenvalue weighted by atomic mass is 19.1. The molecular formula is C20H24F2N2O. The average molecular weight is 346 g/mol. The first-order chi connectivity index (χ1) is 11.9. The van der Waals surface area contributed by atoms with Crippen molar-refractivity contribution >= 4 is 0 Å². The molecule has 0 spiro atoms. The van der Waals surface area contributed by atoms with E-state index in [4.69, 9.17) is 10.5 Å². The Morgan fingerprint density at radius 3 is 2.48 bits per heavy atom. The average Bonchev–Trinajstić information content (AvgIpc) is 2.91. The van der Waals surface area contributed by atoms with Crippen molar-refractivity contribution in [3.05, 3.63) is 64.7 Å². The number of rotatable bonds is 5. The minimum atomic E-state index is -0.550. The number of ether oxygens (including phenoxy) is 1. The fourth-order valence-electron chi connectivity index (χ4n) is 3.68. The minimum absolute atomic E-state index is 0.169. The Morgan fingerprint density at radius 2 is 1.88 bits per heavy atom. The second-order valence-electron chi connectivity index (χ2n) is 7.22. The smallest absolute Gasteiger partial charge is 0.130 e. The topological polar surface area (TPSA) is 38.5 Å². The van der Waals surface area contributed by atoms with Gasteiger partial charge in [-0.05, 0) is 29.3 Å². The van der Waals surface area contributed by atoms with Gasteiger partial charge in [0.1, 0.15) is 17.4 Å². The number of nitrogens with two attached hydrogens (primary N) is 1. The molecule has 0 amide bonds. The van der Waals surface area contributed by atoms with Gasteiger partial charge < -0.3 is 10.5 Å². The number of benzene rings is 2. The number of hydrogen-bond donors (Lipinski definition) is 1. The highest BCUT2D eigenvalue weighted by Crippen LogP contribution is 2.38. The lowest BCUT2D eigenvalue weighted by molar-refractivity contribution is 0.178. The van der Waals surface area contributed by atoms with Gasteiger partial charge in [0.25, 0.3) is 0 Å². The lowest BCUT2D eigenvalue weighted by atomic mass is 9.84. The summed E-state index contributed by atoms with van der Waals surface area (Å²) in [5.74, 6) is -0.227. The molecule has 0 saturated carbocycles. The molecule has 0 saturated heterocycles. The summed E-state index contributed by atoms with van der Waals surface area (Å²) in [6, 6.07) is 10.1. The maximum Gasteiger partial charge on any atom is 0.130 e. The molecular weight excluding hydrogens is 322 g/mol. The van der Waals surface area contributed by atoms with Crippen molar-refractivity contribution in [1.29, 1.82) is 0 Å². The summed E-state index contributed by atoms with van der Waals surface area (Å²) < 4.78 is 33.0. The Bertz CT molecular complexity index is 759. The predicted octanol–water partition coefficient (Wildman–Crippen LogP) is 3.77. The lowest BCUT2D eigenvalue weighted by Crippen LogP contribution is -2.38. The van der Waals surface area contributed by atoms with Crippen LogP contribution in [0.3, 0.4) is 0 Å². The second-order valence-corrected chi connectivity index (χ2v) is 7.22. The number of fused-ring (bicyclic) bond motifs is 1. The molecule has 2 N–H and O–H groups in total. The Balaban J connectivity index is 1.85. The molecule has 3 rings (SSSR count). The Kier molecular flexibility index (Phi) is 4.80. The molecule has 1 heterocycles. The SMILES string of the molecule is COc1ccc(C(C)(C)CN2Cc3c(F)cc(F)cc3C2CN)cc1. The third-order valence-electron chi connectivity index (χ3n) is 5.05. The third kappa shape index (κ3) is 3.39. The Hall–Kier alpha value is -1.98. The molecule has 25 heavy (non-hydrogen) atoms. The fraction of sp³-hybridized carbons (Fsp3) is 0.400. The molecule has 2 aromatic carbocycles. The van der Waals surface area contributed by atoms with E-state index in [1.165, 1.54) is 6.07 Å². The van der Waals surface area contributed by atoms with E-state index in [0.29, 0.717) is 30.8 Å². The van der Waals surface area contributed by atoms with Gasteiger partial charge in [0.05, 0.1) is 7.11 Å². The van der Waals surface area contributed by atoms with Crippen molar-refractivity contribution in [2.24, 2.45) is 5.73 Å². The molecule has 0 aromatic heterocycles. The molecule has 1 aliphatic rings. The van der Waals surface area contributed by atoms with E-state index in [1.807, 2.05) is 24.3 Å². The predicted molar refractivity (Wildman–Crippen MR) is 94.6 cm³/mol. The quantitative estimate of drug-likeness (QED) is 0.896. The number of halogens is 2. The molecule has 134 valence electrons. The highest BCUT2D eigenvalue weighted by Gasteiger charge is 2.35. The first-order valence-electron chi connectivity index (χ1n) is 8.42. The standard InChI is InChI=1S/C20H24F2N2O/c1-20(2,13-4-6-15(25-3)7-5-13)12-24-11-17-16(19(24)10-23)8-14(21)9-18(17)22/h4-9,19H,10-12,23H2,1-3H3. The molecule has 2 aromatic rings. The zero-order valence-electron chi connectivity index (χ0n) is 14.9. The Morgan fingerprint density at radius 1 is 1.20 bits per heavy atom. The summed E-state index contributed by atoms with van der Waals surface area (Å²) >= 11 is 0. The third-order valence-corrected chi connectivity index (χ3v) is 5.05. The molecule has 5 heteroatoms. The van der Waals surface area contributed by atoms with Gasteiger partial charge in [-0.2, -0.15) is 0 Å². The van der Waals surface area contributed by atoms with E-state index in [1.54, 1.807) is 7.11 Å². The number of hydrogen-bond acceptors (Lipinski definition) is 3. The van der Waals surface area contributed by atoms with Crippen molar-refractivity contribution in [2.45, 2.75) is 31.8 Å². The maximum atomic E-state index is 14.2. The van der Waals surface area contributed by atoms with Gasteiger partial charge in [-0.3, -0.25) is 4.90 Å². The maximum absolute atomic E-state index is 14.2. The van der Waals surface area contributed by atoms with Crippen molar-refractivity contribution in [3.8, 4) is 5.75 Å². The van der Waals surface area contributed by atoms with Gasteiger partial charge in [0, 0.05) is 42.7 Å². The molecule has 3 nitrogen and oxygen atoms in total. The molecule has 1 atom stereocenters. The van der Waals surface area contributed by atoms with Crippen LogP contribution in [0.25, 0.3) is 0 Å². The van der Waals surface area contributed by atoms with Crippen LogP contribution in [0.15, 0.2) is 36.4 Å². The lowest BCUT2D eigenvalue weighted by Gasteiger charge is -2.34. The van der Waals surface area contributed by atoms with Crippen molar-refractivity contribution in [3.63, 3.8) is 0 Å². The van der Waals surface area contributed by atoms with Crippen molar-refractivity contribution < 1.29 is 13.5 Å². The first-order valence-corrected chi connectivity index (χ1v) is 8.42. The molecule has 0 bridgehead atoms. The van der Waals surface area contributed by atoms with Gasteiger partial charge in [-0.25, -0.2) is 8.78 Å². The van der Waals surface area contributed by atoms with Gasteiger partial charge >= 0.3 is 0 Å². The molecule has 0 fully saturated rings. The van der Waals surface area contributed by atoms with E-state index in [0.717, 1.165) is 17.4 Å². The normalized spacial score (nSPS) is 17.6. The van der Waals surface area contributed by atoms with Crippen LogP contribution in [-0.2, 0) is 12.0 Å². The summed E-state index contributed by atoms with van der Waals surface area (Å²) in [5, 5.41) is 0. The van der Waals surface area contributed by atoms with Gasteiger partial charge in [-0.1, -0.05) is 26.0 Å². The van der Waals surface area contributed by atoms with E-state index in [2.05, 4.69) is 18.7 Å². The van der Waals surface area contributed by atoms with Crippen LogP contribution in [0.5, 0.6) is 5.75 Å². The summed E-state index contributed by atoms with van der Waals surface area (Å²) in [4.78, 5) is 2.14. The molecule has 0 aliphatic carbocycles. The van der Waals surface area contributed by atoms with Crippen LogP contribution < -0.4 is 10.5 Å². The second kappa shape index (κ2) is 6.73. The largest absolute Gasteiger partial charge is 0.497 e. The van der Waals surface area contributed by atoms with Crippen molar-refractivity contribution in [2.75, 3.05) is 20.2 Å². The highest BCUT2D eigenvalue weighted by molar-refractivity contribution is 5.37. The summed E-state index contributed by atoms with van der Waals surface area (Å²) in [6.45, 7) is 5.75. The molecule has 1 unspecified atom stereocenters. The monoisotopic (exact) mass is 346 g/mol. The van der Waals surface area contributed by atoms with Crippen LogP contribution in [0.2, 0.25) is 0 Å². The van der Waals surface area contributed by atoms with Crippen LogP contribution >= 0.6 is 0 Å². The van der Waals surface area contributed by atoms with Gasteiger partial charge in [0.15, 0.2) is 0 Å². The summed E-state index contributed by atoms with van der Waals surface area (Å²) in [7, 11) is 1.64. The molecule has 0 radical (unpaired) electrons. The van der Waals surface area contributed by atoms with Crippen LogP contribution in [-0.4, -0.2) is 25.1 Å². The van der Waals surface area contributed by atoms with E-state index < -0.39 is 11.6 Å². The summed E-state index contributed by atoms with van der Waals surface area (Å²) in [5.41, 5.74) is 8.15. The minimum Gasteiger partial charge on any atom is -0.497 e. The Labute approximate surface area is 147 Å². The van der Waals surface area contributed by atoms with Gasteiger partial charge in [-0.15, -0.1) is 0 Å². The zero-order chi connectivity index (χ0) is 18.2. The van der Waals surface area contributed by atoms with Crippen LogP contribution in [0, 0.1) is 11.6 Å². The number of methoxy groups -OCH3 is 1. The van der Waals surface area contributed by atoms with Crippen molar-refractivity contribution in [1.82, 2.24) is 4.90 Å². The van der Waals surface area contributed by atoms with Crippen LogP contribution in [0.4, 0.5) is 8.78 Å². The van der Waals surface area contributed by atoms with E-state index in [-0.39, 0.29) is 11.5 Å². The van der Waals surface area contributed by atoms with E-state index >= 15 is 0 Å². The fourth-order valence-corrected chi connectivity index (χ4v) is 3.68. The zero-order valence-corrected chi connectivity index (χ0v) is 14.9. The number of nitrogens with zero attached hydrogens (tertiary/aromatic N) is 1. The molecule has 1 aliphatic heterocycles. The van der Waals surface area contributed by atoms with Gasteiger partial charge in [0.2, 0.25) is 0 Å². The first kappa shape index (κ1) is 17.8. The van der Waals surface area contributed by atoms with E-state index in [9.17, 15) is 8.78 Å². The summed E-state index contributed by atoms with van der Waals surface area (Å²) in [6.07, 6.45) is 0.